The number of thioether (sulfide) groups is 1. The Kier molecular flexibility index (Phi) is 7.07. The third-order valence-corrected chi connectivity index (χ3v) is 6.66. The number of carbonyl (C=O) groups is 3. The zero-order chi connectivity index (χ0) is 25.1. The Morgan fingerprint density at radius 1 is 0.886 bits per heavy atom. The lowest BCUT2D eigenvalue weighted by molar-refractivity contribution is -0.120. The number of benzene rings is 3. The second-order valence-corrected chi connectivity index (χ2v) is 9.36. The largest absolute Gasteiger partial charge is 0.462 e. The summed E-state index contributed by atoms with van der Waals surface area (Å²) in [4.78, 5) is 41.4. The summed E-state index contributed by atoms with van der Waals surface area (Å²) in [6, 6.07) is 20.0. The number of hydrogen-bond donors (Lipinski definition) is 1. The molecule has 1 aliphatic heterocycles. The number of hydrogen-bond acceptors (Lipinski definition) is 6. The minimum atomic E-state index is -0.454. The van der Waals surface area contributed by atoms with Crippen LogP contribution >= 0.6 is 11.8 Å². The molecule has 0 saturated heterocycles. The minimum Gasteiger partial charge on any atom is -0.462 e. The van der Waals surface area contributed by atoms with E-state index in [-0.39, 0.29) is 12.3 Å². The zero-order valence-corrected chi connectivity index (χ0v) is 20.9. The van der Waals surface area contributed by atoms with Crippen LogP contribution in [0.3, 0.4) is 0 Å². The molecule has 2 amide bonds. The van der Waals surface area contributed by atoms with Gasteiger partial charge >= 0.3 is 5.97 Å². The number of anilines is 2. The van der Waals surface area contributed by atoms with Gasteiger partial charge in [-0.3, -0.25) is 9.59 Å². The highest BCUT2D eigenvalue weighted by molar-refractivity contribution is 8.04. The van der Waals surface area contributed by atoms with E-state index < -0.39 is 17.8 Å². The van der Waals surface area contributed by atoms with Crippen LogP contribution in [0.5, 0.6) is 0 Å². The van der Waals surface area contributed by atoms with E-state index in [0.717, 1.165) is 32.2 Å². The average Bonchev–Trinajstić information content (AvgIpc) is 3.07. The van der Waals surface area contributed by atoms with Gasteiger partial charge in [0.15, 0.2) is 0 Å². The van der Waals surface area contributed by atoms with Crippen molar-refractivity contribution in [3.05, 3.63) is 99.6 Å². The maximum Gasteiger partial charge on any atom is 0.338 e. The van der Waals surface area contributed by atoms with Crippen molar-refractivity contribution in [3.8, 4) is 0 Å². The molecule has 4 rings (SSSR count). The molecule has 0 bridgehead atoms. The molecule has 0 spiro atoms. The summed E-state index contributed by atoms with van der Waals surface area (Å²) in [6.45, 7) is 7.91. The predicted octanol–water partition coefficient (Wildman–Crippen LogP) is 5.78. The molecule has 3 aromatic rings. The van der Waals surface area contributed by atoms with E-state index in [0.29, 0.717) is 16.2 Å². The van der Waals surface area contributed by atoms with Crippen LogP contribution in [-0.2, 0) is 14.3 Å². The molecule has 0 unspecified atom stereocenters. The summed E-state index contributed by atoms with van der Waals surface area (Å²) in [5, 5.41) is 3.23. The van der Waals surface area contributed by atoms with E-state index in [4.69, 9.17) is 4.74 Å². The third kappa shape index (κ3) is 5.15. The number of ether oxygens (including phenoxy) is 1. The third-order valence-electron chi connectivity index (χ3n) is 5.57. The highest BCUT2D eigenvalue weighted by Gasteiger charge is 2.40. The number of rotatable bonds is 7. The van der Waals surface area contributed by atoms with Crippen molar-refractivity contribution in [1.29, 1.82) is 0 Å². The van der Waals surface area contributed by atoms with E-state index in [1.165, 1.54) is 11.8 Å². The molecule has 0 fully saturated rings. The number of nitrogens with zero attached hydrogens (tertiary/aromatic N) is 1. The highest BCUT2D eigenvalue weighted by atomic mass is 32.2. The Morgan fingerprint density at radius 3 is 2.20 bits per heavy atom. The summed E-state index contributed by atoms with van der Waals surface area (Å²) in [7, 11) is 0. The van der Waals surface area contributed by atoms with Crippen molar-refractivity contribution in [1.82, 2.24) is 0 Å². The first-order chi connectivity index (χ1) is 16.8. The normalized spacial score (nSPS) is 13.4. The summed E-state index contributed by atoms with van der Waals surface area (Å²) >= 11 is 1.25. The fourth-order valence-corrected chi connectivity index (χ4v) is 4.57. The maximum atomic E-state index is 13.6. The molecule has 6 nitrogen and oxygen atoms in total. The Balaban J connectivity index is 1.71. The molecule has 1 N–H and O–H groups in total. The van der Waals surface area contributed by atoms with Gasteiger partial charge in [-0.2, -0.15) is 0 Å². The Labute approximate surface area is 209 Å². The number of esters is 1. The van der Waals surface area contributed by atoms with E-state index in [1.54, 1.807) is 31.2 Å². The number of amides is 2. The summed E-state index contributed by atoms with van der Waals surface area (Å²) in [5.41, 5.74) is 4.83. The Bertz CT molecular complexity index is 1330. The van der Waals surface area contributed by atoms with Crippen LogP contribution in [0.4, 0.5) is 11.4 Å². The van der Waals surface area contributed by atoms with Crippen molar-refractivity contribution in [2.24, 2.45) is 0 Å². The van der Waals surface area contributed by atoms with Crippen molar-refractivity contribution in [2.75, 3.05) is 16.8 Å². The van der Waals surface area contributed by atoms with Crippen molar-refractivity contribution < 1.29 is 19.1 Å². The smallest absolute Gasteiger partial charge is 0.338 e. The summed E-state index contributed by atoms with van der Waals surface area (Å²) in [6.07, 6.45) is 0. The predicted molar refractivity (Wildman–Crippen MR) is 138 cm³/mol. The van der Waals surface area contributed by atoms with Gasteiger partial charge in [0.2, 0.25) is 0 Å². The van der Waals surface area contributed by atoms with Gasteiger partial charge < -0.3 is 10.1 Å². The lowest BCUT2D eigenvalue weighted by Crippen LogP contribution is -2.32. The Morgan fingerprint density at radius 2 is 1.54 bits per heavy atom. The second kappa shape index (κ2) is 10.2. The zero-order valence-electron chi connectivity index (χ0n) is 20.0. The molecule has 1 aliphatic rings. The first kappa shape index (κ1) is 24.3. The lowest BCUT2D eigenvalue weighted by atomic mass is 10.1. The fraction of sp³-hybridized carbons (Fsp3) is 0.179. The Hall–Kier alpha value is -3.84. The van der Waals surface area contributed by atoms with Gasteiger partial charge in [-0.25, -0.2) is 9.69 Å². The van der Waals surface area contributed by atoms with Gasteiger partial charge in [0.25, 0.3) is 11.8 Å². The van der Waals surface area contributed by atoms with Crippen LogP contribution in [0.25, 0.3) is 0 Å². The standard InChI is InChI=1S/C28H26N2O4S/c1-5-34-28(33)20-10-12-21(13-11-20)30-26(31)24(29-23-16-18(3)6-9-19(23)4)25(27(30)32)35-22-14-7-17(2)8-15-22/h6-16,29H,5H2,1-4H3. The van der Waals surface area contributed by atoms with Crippen LogP contribution < -0.4 is 10.2 Å². The fourth-order valence-electron chi connectivity index (χ4n) is 3.64. The average molecular weight is 487 g/mol. The van der Waals surface area contributed by atoms with Crippen molar-refractivity contribution in [2.45, 2.75) is 32.6 Å². The second-order valence-electron chi connectivity index (χ2n) is 8.28. The first-order valence-electron chi connectivity index (χ1n) is 11.3. The topological polar surface area (TPSA) is 75.7 Å². The van der Waals surface area contributed by atoms with Gasteiger partial charge in [-0.15, -0.1) is 0 Å². The summed E-state index contributed by atoms with van der Waals surface area (Å²) < 4.78 is 5.02. The lowest BCUT2D eigenvalue weighted by Gasteiger charge is -2.16. The van der Waals surface area contributed by atoms with Crippen molar-refractivity contribution in [3.63, 3.8) is 0 Å². The first-order valence-corrected chi connectivity index (χ1v) is 12.1. The van der Waals surface area contributed by atoms with Gasteiger partial charge in [-0.05, 0) is 81.3 Å². The molecule has 0 atom stereocenters. The van der Waals surface area contributed by atoms with Crippen LogP contribution in [0, 0.1) is 20.8 Å². The van der Waals surface area contributed by atoms with Crippen LogP contribution in [0.1, 0.15) is 34.0 Å². The molecule has 0 aliphatic carbocycles. The number of nitrogens with one attached hydrogen (secondary N) is 1. The van der Waals surface area contributed by atoms with E-state index in [1.807, 2.05) is 63.2 Å². The highest BCUT2D eigenvalue weighted by Crippen LogP contribution is 2.38. The number of imide groups is 1. The number of carbonyl (C=O) groups excluding carboxylic acids is 3. The molecule has 0 saturated carbocycles. The minimum absolute atomic E-state index is 0.226. The molecule has 35 heavy (non-hydrogen) atoms. The maximum absolute atomic E-state index is 13.6. The van der Waals surface area contributed by atoms with Crippen LogP contribution in [0.15, 0.2) is 82.2 Å². The van der Waals surface area contributed by atoms with E-state index >= 15 is 0 Å². The molecule has 7 heteroatoms. The SMILES string of the molecule is CCOC(=O)c1ccc(N2C(=O)C(Nc3cc(C)ccc3C)=C(Sc3ccc(C)cc3)C2=O)cc1. The van der Waals surface area contributed by atoms with Crippen LogP contribution in [-0.4, -0.2) is 24.4 Å². The molecule has 3 aromatic carbocycles. The molecular formula is C28H26N2O4S. The molecule has 0 aromatic heterocycles. The van der Waals surface area contributed by atoms with Crippen molar-refractivity contribution >= 4 is 40.9 Å². The van der Waals surface area contributed by atoms with Gasteiger partial charge in [0.05, 0.1) is 17.9 Å². The van der Waals surface area contributed by atoms with Crippen LogP contribution in [0.2, 0.25) is 0 Å². The number of aryl methyl sites for hydroxylation is 3. The quantitative estimate of drug-likeness (QED) is 0.337. The van der Waals surface area contributed by atoms with Gasteiger partial charge in [0.1, 0.15) is 10.6 Å². The van der Waals surface area contributed by atoms with Gasteiger partial charge in [0, 0.05) is 10.6 Å². The molecule has 0 radical (unpaired) electrons. The monoisotopic (exact) mass is 486 g/mol. The van der Waals surface area contributed by atoms with Gasteiger partial charge in [-0.1, -0.05) is 41.6 Å². The summed E-state index contributed by atoms with van der Waals surface area (Å²) in [5.74, 6) is -1.32. The molecule has 1 heterocycles. The molecule has 178 valence electrons. The van der Waals surface area contributed by atoms with E-state index in [9.17, 15) is 14.4 Å². The van der Waals surface area contributed by atoms with E-state index in [2.05, 4.69) is 5.32 Å². The molecular weight excluding hydrogens is 460 g/mol.